The molecule has 0 bridgehead atoms. The van der Waals surface area contributed by atoms with Crippen molar-refractivity contribution in [3.8, 4) is 0 Å². The standard InChI is InChI=1S/C14H20O7S/c1-9(2)13(15)19-10(3)20-14(16)21-11-5-7-12(8-6-11)22(4,17)18/h5,7-11H,6H2,1-4H3. The molecule has 0 heterocycles. The maximum atomic E-state index is 11.5. The van der Waals surface area contributed by atoms with E-state index in [4.69, 9.17) is 14.2 Å². The first-order valence-corrected chi connectivity index (χ1v) is 8.65. The van der Waals surface area contributed by atoms with E-state index in [1.54, 1.807) is 13.8 Å². The van der Waals surface area contributed by atoms with Crippen LogP contribution in [0.4, 0.5) is 4.79 Å². The zero-order chi connectivity index (χ0) is 16.9. The molecule has 0 saturated heterocycles. The Morgan fingerprint density at radius 3 is 2.32 bits per heavy atom. The number of ether oxygens (including phenoxy) is 3. The van der Waals surface area contributed by atoms with Crippen LogP contribution >= 0.6 is 0 Å². The third-order valence-corrected chi connectivity index (χ3v) is 3.88. The third-order valence-electron chi connectivity index (χ3n) is 2.72. The Bertz CT molecular complexity index is 586. The summed E-state index contributed by atoms with van der Waals surface area (Å²) in [5.74, 6) is -0.818. The van der Waals surface area contributed by atoms with E-state index in [2.05, 4.69) is 0 Å². The topological polar surface area (TPSA) is 96.0 Å². The van der Waals surface area contributed by atoms with Crippen LogP contribution in [0, 0.1) is 5.92 Å². The van der Waals surface area contributed by atoms with Crippen LogP contribution in [0.25, 0.3) is 0 Å². The second-order valence-corrected chi connectivity index (χ2v) is 7.17. The summed E-state index contributed by atoms with van der Waals surface area (Å²) in [4.78, 5) is 23.0. The molecule has 2 unspecified atom stereocenters. The third kappa shape index (κ3) is 5.88. The van der Waals surface area contributed by atoms with Gasteiger partial charge < -0.3 is 14.2 Å². The molecule has 8 heteroatoms. The first kappa shape index (κ1) is 18.2. The van der Waals surface area contributed by atoms with Gasteiger partial charge in [-0.15, -0.1) is 0 Å². The van der Waals surface area contributed by atoms with Crippen molar-refractivity contribution in [3.63, 3.8) is 0 Å². The van der Waals surface area contributed by atoms with Gasteiger partial charge in [-0.25, -0.2) is 13.2 Å². The molecule has 0 N–H and O–H groups in total. The highest BCUT2D eigenvalue weighted by Crippen LogP contribution is 2.18. The highest BCUT2D eigenvalue weighted by Gasteiger charge is 2.21. The summed E-state index contributed by atoms with van der Waals surface area (Å²) in [6, 6.07) is 0. The fraction of sp³-hybridized carbons (Fsp3) is 0.571. The van der Waals surface area contributed by atoms with Crippen LogP contribution < -0.4 is 0 Å². The van der Waals surface area contributed by atoms with E-state index in [1.165, 1.54) is 25.2 Å². The van der Waals surface area contributed by atoms with Gasteiger partial charge in [0.15, 0.2) is 9.84 Å². The lowest BCUT2D eigenvalue weighted by atomic mass is 10.1. The molecule has 22 heavy (non-hydrogen) atoms. The lowest BCUT2D eigenvalue weighted by Crippen LogP contribution is -2.26. The Labute approximate surface area is 129 Å². The summed E-state index contributed by atoms with van der Waals surface area (Å²) in [6.07, 6.45) is 2.96. The van der Waals surface area contributed by atoms with Crippen LogP contribution in [0.3, 0.4) is 0 Å². The Morgan fingerprint density at radius 2 is 1.86 bits per heavy atom. The van der Waals surface area contributed by atoms with Crippen molar-refractivity contribution in [2.45, 2.75) is 39.6 Å². The Balaban J connectivity index is 2.43. The number of hydrogen-bond donors (Lipinski definition) is 0. The molecule has 1 aliphatic carbocycles. The molecule has 2 atom stereocenters. The van der Waals surface area contributed by atoms with Crippen LogP contribution in [0.1, 0.15) is 27.2 Å². The minimum Gasteiger partial charge on any atom is -0.426 e. The maximum absolute atomic E-state index is 11.5. The van der Waals surface area contributed by atoms with E-state index in [0.717, 1.165) is 6.26 Å². The van der Waals surface area contributed by atoms with Crippen LogP contribution in [0.5, 0.6) is 0 Å². The number of carbonyl (C=O) groups excluding carboxylic acids is 2. The lowest BCUT2D eigenvalue weighted by molar-refractivity contribution is -0.172. The zero-order valence-corrected chi connectivity index (χ0v) is 13.8. The Morgan fingerprint density at radius 1 is 1.23 bits per heavy atom. The SMILES string of the molecule is CC(OC(=O)OC1C=CC(S(C)(=O)=O)=CC1)OC(=O)C(C)C. The van der Waals surface area contributed by atoms with E-state index in [1.807, 2.05) is 0 Å². The van der Waals surface area contributed by atoms with Gasteiger partial charge in [-0.05, 0) is 12.2 Å². The quantitative estimate of drug-likeness (QED) is 0.560. The number of sulfone groups is 1. The van der Waals surface area contributed by atoms with Crippen molar-refractivity contribution < 1.29 is 32.2 Å². The normalized spacial score (nSPS) is 19.3. The van der Waals surface area contributed by atoms with Crippen molar-refractivity contribution >= 4 is 22.0 Å². The summed E-state index contributed by atoms with van der Waals surface area (Å²) >= 11 is 0. The van der Waals surface area contributed by atoms with E-state index in [0.29, 0.717) is 0 Å². The lowest BCUT2D eigenvalue weighted by Gasteiger charge is -2.19. The molecule has 0 aromatic heterocycles. The molecule has 0 aliphatic heterocycles. The smallest absolute Gasteiger partial charge is 0.426 e. The summed E-state index contributed by atoms with van der Waals surface area (Å²) in [6.45, 7) is 4.72. The van der Waals surface area contributed by atoms with Crippen molar-refractivity contribution in [2.24, 2.45) is 5.92 Å². The van der Waals surface area contributed by atoms with Gasteiger partial charge >= 0.3 is 12.1 Å². The van der Waals surface area contributed by atoms with E-state index >= 15 is 0 Å². The fourth-order valence-corrected chi connectivity index (χ4v) is 2.28. The molecule has 7 nitrogen and oxygen atoms in total. The number of esters is 1. The van der Waals surface area contributed by atoms with Gasteiger partial charge in [-0.3, -0.25) is 4.79 Å². The van der Waals surface area contributed by atoms with Gasteiger partial charge in [-0.1, -0.05) is 19.9 Å². The summed E-state index contributed by atoms with van der Waals surface area (Å²) in [7, 11) is -3.27. The molecule has 0 radical (unpaired) electrons. The van der Waals surface area contributed by atoms with Gasteiger partial charge in [0.05, 0.1) is 10.8 Å². The number of hydrogen-bond acceptors (Lipinski definition) is 7. The molecule has 1 aliphatic rings. The molecule has 0 aromatic rings. The Hall–Kier alpha value is -1.83. The predicted molar refractivity (Wildman–Crippen MR) is 78.4 cm³/mol. The highest BCUT2D eigenvalue weighted by atomic mass is 32.2. The van der Waals surface area contributed by atoms with Gasteiger partial charge in [0, 0.05) is 19.6 Å². The highest BCUT2D eigenvalue weighted by molar-refractivity contribution is 7.94. The molecule has 0 saturated carbocycles. The van der Waals surface area contributed by atoms with Crippen LogP contribution in [0.2, 0.25) is 0 Å². The number of carbonyl (C=O) groups is 2. The van der Waals surface area contributed by atoms with Crippen molar-refractivity contribution in [1.82, 2.24) is 0 Å². The first-order valence-electron chi connectivity index (χ1n) is 6.75. The van der Waals surface area contributed by atoms with Crippen LogP contribution in [-0.4, -0.2) is 39.2 Å². The van der Waals surface area contributed by atoms with Crippen LogP contribution in [0.15, 0.2) is 23.1 Å². The largest absolute Gasteiger partial charge is 0.511 e. The van der Waals surface area contributed by atoms with Crippen molar-refractivity contribution in [2.75, 3.05) is 6.26 Å². The molecule has 0 spiro atoms. The van der Waals surface area contributed by atoms with E-state index in [-0.39, 0.29) is 17.2 Å². The fourth-order valence-electron chi connectivity index (χ4n) is 1.55. The summed E-state index contributed by atoms with van der Waals surface area (Å²) in [5.41, 5.74) is 0. The van der Waals surface area contributed by atoms with E-state index in [9.17, 15) is 18.0 Å². The molecule has 0 aromatic carbocycles. The van der Waals surface area contributed by atoms with Crippen molar-refractivity contribution in [3.05, 3.63) is 23.1 Å². The van der Waals surface area contributed by atoms with E-state index < -0.39 is 34.4 Å². The minimum absolute atomic E-state index is 0.181. The van der Waals surface area contributed by atoms with Gasteiger partial charge in [0.2, 0.25) is 6.29 Å². The first-order chi connectivity index (χ1) is 10.1. The summed E-state index contributed by atoms with van der Waals surface area (Å²) < 4.78 is 37.3. The minimum atomic E-state index is -3.27. The monoisotopic (exact) mass is 332 g/mol. The number of allylic oxidation sites excluding steroid dienone is 1. The average Bonchev–Trinajstić information content (AvgIpc) is 2.37. The second-order valence-electron chi connectivity index (χ2n) is 5.16. The maximum Gasteiger partial charge on any atom is 0.511 e. The molecular formula is C14H20O7S. The predicted octanol–water partition coefficient (Wildman–Crippen LogP) is 1.94. The zero-order valence-electron chi connectivity index (χ0n) is 12.9. The van der Waals surface area contributed by atoms with Crippen molar-refractivity contribution in [1.29, 1.82) is 0 Å². The number of rotatable bonds is 5. The molecule has 0 fully saturated rings. The van der Waals surface area contributed by atoms with Gasteiger partial charge in [0.25, 0.3) is 0 Å². The molecule has 0 amide bonds. The van der Waals surface area contributed by atoms with Gasteiger partial charge in [0.1, 0.15) is 6.10 Å². The molecule has 124 valence electrons. The van der Waals surface area contributed by atoms with Crippen LogP contribution in [-0.2, 0) is 28.8 Å². The molecular weight excluding hydrogens is 312 g/mol. The molecule has 1 rings (SSSR count). The Kier molecular flexibility index (Phi) is 6.16. The second kappa shape index (κ2) is 7.44. The van der Waals surface area contributed by atoms with Gasteiger partial charge in [-0.2, -0.15) is 0 Å². The summed E-state index contributed by atoms with van der Waals surface area (Å²) in [5, 5.41) is 0. The average molecular weight is 332 g/mol.